The van der Waals surface area contributed by atoms with Crippen molar-refractivity contribution in [3.8, 4) is 0 Å². The zero-order valence-corrected chi connectivity index (χ0v) is 17.7. The summed E-state index contributed by atoms with van der Waals surface area (Å²) in [6.07, 6.45) is -0.0424. The van der Waals surface area contributed by atoms with Gasteiger partial charge in [0.15, 0.2) is 6.23 Å². The standard InChI is InChI=1S/C22H27FN6O2/c1-3-15-22(31)27-18-12-14(4-5-16(18)25-15)13-28-8-10-29(11-9-28)19-7-6-17(21(30)24-2)26-20(19)23/h4-7,12,22,27,31H,3,8-11,13H2,1-2H3,(H,24,30). The number of hydrogen-bond acceptors (Lipinski definition) is 7. The van der Waals surface area contributed by atoms with Crippen LogP contribution in [0.2, 0.25) is 0 Å². The molecule has 31 heavy (non-hydrogen) atoms. The number of aliphatic hydroxyl groups is 1. The molecule has 1 fully saturated rings. The third kappa shape index (κ3) is 4.52. The summed E-state index contributed by atoms with van der Waals surface area (Å²) in [5, 5.41) is 15.7. The Morgan fingerprint density at radius 1 is 1.26 bits per heavy atom. The average molecular weight is 426 g/mol. The molecular formula is C22H27FN6O2. The summed E-state index contributed by atoms with van der Waals surface area (Å²) >= 11 is 0. The molecule has 3 heterocycles. The van der Waals surface area contributed by atoms with Crippen LogP contribution in [0, 0.1) is 5.95 Å². The monoisotopic (exact) mass is 426 g/mol. The van der Waals surface area contributed by atoms with Gasteiger partial charge in [-0.1, -0.05) is 13.0 Å². The molecule has 8 nitrogen and oxygen atoms in total. The number of benzene rings is 1. The minimum atomic E-state index is -0.741. The van der Waals surface area contributed by atoms with Gasteiger partial charge in [0.25, 0.3) is 5.91 Å². The third-order valence-electron chi connectivity index (χ3n) is 5.70. The van der Waals surface area contributed by atoms with Gasteiger partial charge in [0, 0.05) is 39.8 Å². The summed E-state index contributed by atoms with van der Waals surface area (Å²) < 4.78 is 14.4. The van der Waals surface area contributed by atoms with Gasteiger partial charge in [-0.2, -0.15) is 4.39 Å². The van der Waals surface area contributed by atoms with Crippen molar-refractivity contribution in [2.45, 2.75) is 26.1 Å². The Hall–Kier alpha value is -3.04. The Morgan fingerprint density at radius 3 is 2.71 bits per heavy atom. The van der Waals surface area contributed by atoms with Gasteiger partial charge in [-0.15, -0.1) is 0 Å². The minimum Gasteiger partial charge on any atom is -0.368 e. The number of nitrogens with one attached hydrogen (secondary N) is 2. The Morgan fingerprint density at radius 2 is 2.03 bits per heavy atom. The number of carbonyl (C=O) groups excluding carboxylic acids is 1. The Kier molecular flexibility index (Phi) is 6.15. The second-order valence-corrected chi connectivity index (χ2v) is 7.70. The van der Waals surface area contributed by atoms with Gasteiger partial charge in [0.05, 0.1) is 22.8 Å². The predicted molar refractivity (Wildman–Crippen MR) is 119 cm³/mol. The lowest BCUT2D eigenvalue weighted by Gasteiger charge is -2.36. The number of aliphatic imine (C=N–C) groups is 1. The Balaban J connectivity index is 1.38. The zero-order chi connectivity index (χ0) is 22.0. The first-order valence-corrected chi connectivity index (χ1v) is 10.5. The molecule has 0 radical (unpaired) electrons. The molecule has 0 saturated carbocycles. The number of fused-ring (bicyclic) bond motifs is 1. The van der Waals surface area contributed by atoms with Crippen molar-refractivity contribution in [3.05, 3.63) is 47.5 Å². The molecule has 1 atom stereocenters. The number of piperazine rings is 1. The molecule has 2 aromatic rings. The SMILES string of the molecule is CCC1=Nc2ccc(CN3CCN(c4ccc(C(=O)NC)nc4F)CC3)cc2NC1O. The van der Waals surface area contributed by atoms with Gasteiger partial charge >= 0.3 is 0 Å². The highest BCUT2D eigenvalue weighted by Gasteiger charge is 2.23. The fraction of sp³-hybridized carbons (Fsp3) is 0.409. The van der Waals surface area contributed by atoms with E-state index in [0.717, 1.165) is 42.3 Å². The maximum Gasteiger partial charge on any atom is 0.269 e. The third-order valence-corrected chi connectivity index (χ3v) is 5.70. The van der Waals surface area contributed by atoms with E-state index in [9.17, 15) is 14.3 Å². The van der Waals surface area contributed by atoms with E-state index in [1.807, 2.05) is 24.0 Å². The van der Waals surface area contributed by atoms with Crippen LogP contribution >= 0.6 is 0 Å². The molecule has 4 rings (SSSR count). The molecule has 3 N–H and O–H groups in total. The second-order valence-electron chi connectivity index (χ2n) is 7.70. The minimum absolute atomic E-state index is 0.0731. The zero-order valence-electron chi connectivity index (χ0n) is 17.7. The quantitative estimate of drug-likeness (QED) is 0.635. The Labute approximate surface area is 180 Å². The van der Waals surface area contributed by atoms with Crippen LogP contribution in [0.25, 0.3) is 0 Å². The summed E-state index contributed by atoms with van der Waals surface area (Å²) in [6, 6.07) is 9.23. The maximum absolute atomic E-state index is 14.4. The maximum atomic E-state index is 14.4. The molecule has 164 valence electrons. The number of aromatic nitrogens is 1. The van der Waals surface area contributed by atoms with Crippen molar-refractivity contribution in [2.24, 2.45) is 4.99 Å². The molecule has 1 aromatic carbocycles. The van der Waals surface area contributed by atoms with Gasteiger partial charge in [0.2, 0.25) is 5.95 Å². The first-order valence-electron chi connectivity index (χ1n) is 10.5. The molecule has 1 amide bonds. The molecule has 1 unspecified atom stereocenters. The molecule has 2 aliphatic rings. The van der Waals surface area contributed by atoms with Crippen molar-refractivity contribution < 1.29 is 14.3 Å². The number of aliphatic hydroxyl groups excluding tert-OH is 1. The summed E-state index contributed by atoms with van der Waals surface area (Å²) in [5.74, 6) is -1.03. The van der Waals surface area contributed by atoms with E-state index in [1.165, 1.54) is 7.05 Å². The smallest absolute Gasteiger partial charge is 0.269 e. The van der Waals surface area contributed by atoms with E-state index in [1.54, 1.807) is 12.1 Å². The lowest BCUT2D eigenvalue weighted by Crippen LogP contribution is -2.46. The van der Waals surface area contributed by atoms with Crippen LogP contribution in [0.4, 0.5) is 21.5 Å². The average Bonchev–Trinajstić information content (AvgIpc) is 2.78. The van der Waals surface area contributed by atoms with Gasteiger partial charge in [-0.25, -0.2) is 4.98 Å². The van der Waals surface area contributed by atoms with Gasteiger partial charge in [-0.3, -0.25) is 14.7 Å². The van der Waals surface area contributed by atoms with Crippen molar-refractivity contribution in [3.63, 3.8) is 0 Å². The fourth-order valence-electron chi connectivity index (χ4n) is 3.94. The van der Waals surface area contributed by atoms with E-state index in [0.29, 0.717) is 25.2 Å². The van der Waals surface area contributed by atoms with Gasteiger partial charge < -0.3 is 20.6 Å². The molecule has 0 spiro atoms. The molecule has 1 saturated heterocycles. The molecule has 1 aromatic heterocycles. The lowest BCUT2D eigenvalue weighted by molar-refractivity contribution is 0.0957. The van der Waals surface area contributed by atoms with E-state index < -0.39 is 18.1 Å². The topological polar surface area (TPSA) is 93.1 Å². The number of amides is 1. The highest BCUT2D eigenvalue weighted by Crippen LogP contribution is 2.31. The lowest BCUT2D eigenvalue weighted by atomic mass is 10.1. The van der Waals surface area contributed by atoms with Crippen molar-refractivity contribution in [1.82, 2.24) is 15.2 Å². The van der Waals surface area contributed by atoms with Crippen LogP contribution in [0.5, 0.6) is 0 Å². The molecular weight excluding hydrogens is 399 g/mol. The number of pyridine rings is 1. The molecule has 9 heteroatoms. The van der Waals surface area contributed by atoms with Crippen molar-refractivity contribution in [1.29, 1.82) is 0 Å². The van der Waals surface area contributed by atoms with Crippen LogP contribution in [-0.4, -0.2) is 66.1 Å². The van der Waals surface area contributed by atoms with Crippen LogP contribution in [0.15, 0.2) is 35.3 Å². The van der Waals surface area contributed by atoms with Crippen LogP contribution in [-0.2, 0) is 6.54 Å². The van der Waals surface area contributed by atoms with Crippen LogP contribution < -0.4 is 15.5 Å². The molecule has 0 bridgehead atoms. The number of carbonyl (C=O) groups is 1. The summed E-state index contributed by atoms with van der Waals surface area (Å²) in [7, 11) is 1.49. The largest absolute Gasteiger partial charge is 0.368 e. The normalized spacial score (nSPS) is 18.8. The van der Waals surface area contributed by atoms with E-state index in [4.69, 9.17) is 0 Å². The highest BCUT2D eigenvalue weighted by molar-refractivity contribution is 5.96. The van der Waals surface area contributed by atoms with Crippen LogP contribution in [0.3, 0.4) is 0 Å². The summed E-state index contributed by atoms with van der Waals surface area (Å²) in [5.41, 5.74) is 4.04. The number of halogens is 1. The Bertz CT molecular complexity index is 1000. The highest BCUT2D eigenvalue weighted by atomic mass is 19.1. The second kappa shape index (κ2) is 8.99. The molecule has 2 aliphatic heterocycles. The molecule has 0 aliphatic carbocycles. The number of hydrogen-bond donors (Lipinski definition) is 3. The van der Waals surface area contributed by atoms with E-state index in [-0.39, 0.29) is 5.69 Å². The number of rotatable bonds is 5. The van der Waals surface area contributed by atoms with E-state index >= 15 is 0 Å². The fourth-order valence-corrected chi connectivity index (χ4v) is 3.94. The van der Waals surface area contributed by atoms with Crippen molar-refractivity contribution in [2.75, 3.05) is 43.4 Å². The van der Waals surface area contributed by atoms with Crippen LogP contribution in [0.1, 0.15) is 29.4 Å². The summed E-state index contributed by atoms with van der Waals surface area (Å²) in [4.78, 5) is 24.2. The first kappa shape index (κ1) is 21.2. The van der Waals surface area contributed by atoms with Gasteiger partial charge in [0.1, 0.15) is 5.69 Å². The van der Waals surface area contributed by atoms with E-state index in [2.05, 4.69) is 31.6 Å². The first-order chi connectivity index (χ1) is 15.0. The predicted octanol–water partition coefficient (Wildman–Crippen LogP) is 2.13. The van der Waals surface area contributed by atoms with Crippen molar-refractivity contribution >= 4 is 28.7 Å². The van der Waals surface area contributed by atoms with Gasteiger partial charge in [-0.05, 0) is 36.2 Å². The summed E-state index contributed by atoms with van der Waals surface area (Å²) in [6.45, 7) is 5.64. The number of nitrogens with zero attached hydrogens (tertiary/aromatic N) is 4. The number of anilines is 2.